The van der Waals surface area contributed by atoms with Gasteiger partial charge in [-0.15, -0.1) is 0 Å². The van der Waals surface area contributed by atoms with Gasteiger partial charge in [-0.1, -0.05) is 41.9 Å². The lowest BCUT2D eigenvalue weighted by Crippen LogP contribution is -2.23. The van der Waals surface area contributed by atoms with Crippen molar-refractivity contribution in [1.82, 2.24) is 14.3 Å². The highest BCUT2D eigenvalue weighted by Crippen LogP contribution is 2.24. The molecule has 0 aliphatic rings. The zero-order valence-electron chi connectivity index (χ0n) is 14.8. The van der Waals surface area contributed by atoms with Gasteiger partial charge in [-0.05, 0) is 31.2 Å². The first-order valence-electron chi connectivity index (χ1n) is 8.40. The standard InChI is InChI=1S/C20H17ClN4O2/c1-12-17(20(27)25(24(12)2)14-8-4-3-5-9-14)23-19(26)16-11-13-7-6-10-15(21)18(13)22-16/h3-11,22H,1-2H3,(H,23,26). The lowest BCUT2D eigenvalue weighted by molar-refractivity contribution is 0.102. The lowest BCUT2D eigenvalue weighted by Gasteiger charge is -2.07. The van der Waals surface area contributed by atoms with E-state index >= 15 is 0 Å². The molecule has 6 nitrogen and oxygen atoms in total. The molecule has 0 fully saturated rings. The molecule has 7 heteroatoms. The van der Waals surface area contributed by atoms with E-state index in [1.54, 1.807) is 30.8 Å². The van der Waals surface area contributed by atoms with E-state index in [1.807, 2.05) is 42.5 Å². The van der Waals surface area contributed by atoms with Crippen molar-refractivity contribution in [3.63, 3.8) is 0 Å². The summed E-state index contributed by atoms with van der Waals surface area (Å²) in [4.78, 5) is 28.6. The molecule has 2 heterocycles. The molecule has 136 valence electrons. The van der Waals surface area contributed by atoms with Crippen LogP contribution >= 0.6 is 11.6 Å². The maximum atomic E-state index is 12.9. The number of amides is 1. The summed E-state index contributed by atoms with van der Waals surface area (Å²) in [5, 5.41) is 4.11. The third kappa shape index (κ3) is 2.84. The highest BCUT2D eigenvalue weighted by molar-refractivity contribution is 6.35. The number of nitrogens with one attached hydrogen (secondary N) is 2. The van der Waals surface area contributed by atoms with Crippen LogP contribution in [0.3, 0.4) is 0 Å². The fourth-order valence-corrected chi connectivity index (χ4v) is 3.36. The number of H-pyrrole nitrogens is 1. The Kier molecular flexibility index (Phi) is 4.12. The Morgan fingerprint density at radius 1 is 1.11 bits per heavy atom. The molecule has 0 bridgehead atoms. The number of rotatable bonds is 3. The van der Waals surface area contributed by atoms with Gasteiger partial charge in [0.1, 0.15) is 11.4 Å². The van der Waals surface area contributed by atoms with Crippen LogP contribution in [0, 0.1) is 6.92 Å². The number of anilines is 1. The average molecular weight is 381 g/mol. The normalized spacial score (nSPS) is 11.1. The van der Waals surface area contributed by atoms with Crippen LogP contribution in [0.4, 0.5) is 5.69 Å². The van der Waals surface area contributed by atoms with E-state index < -0.39 is 5.91 Å². The Balaban J connectivity index is 1.73. The topological polar surface area (TPSA) is 71.8 Å². The molecular weight excluding hydrogens is 364 g/mol. The van der Waals surface area contributed by atoms with Crippen LogP contribution in [0.5, 0.6) is 0 Å². The molecule has 2 aromatic carbocycles. The van der Waals surface area contributed by atoms with Crippen LogP contribution in [0.15, 0.2) is 59.4 Å². The fraction of sp³-hybridized carbons (Fsp3) is 0.100. The van der Waals surface area contributed by atoms with Gasteiger partial charge < -0.3 is 10.3 Å². The minimum Gasteiger partial charge on any atom is -0.349 e. The molecule has 1 amide bonds. The second kappa shape index (κ2) is 6.48. The van der Waals surface area contributed by atoms with E-state index in [0.29, 0.717) is 21.9 Å². The van der Waals surface area contributed by atoms with Crippen molar-refractivity contribution >= 4 is 34.1 Å². The number of fused-ring (bicyclic) bond motifs is 1. The molecule has 0 radical (unpaired) electrons. The van der Waals surface area contributed by atoms with Gasteiger partial charge in [-0.3, -0.25) is 14.3 Å². The summed E-state index contributed by atoms with van der Waals surface area (Å²) in [6, 6.07) is 16.4. The maximum Gasteiger partial charge on any atom is 0.295 e. The van der Waals surface area contributed by atoms with Crippen molar-refractivity contribution in [2.45, 2.75) is 6.92 Å². The molecule has 0 saturated carbocycles. The minimum absolute atomic E-state index is 0.246. The van der Waals surface area contributed by atoms with Crippen molar-refractivity contribution in [2.75, 3.05) is 5.32 Å². The number of hydrogen-bond acceptors (Lipinski definition) is 2. The average Bonchev–Trinajstić information content (AvgIpc) is 3.19. The molecular formula is C20H17ClN4O2. The molecule has 0 saturated heterocycles. The maximum absolute atomic E-state index is 12.9. The highest BCUT2D eigenvalue weighted by Gasteiger charge is 2.19. The molecule has 2 N–H and O–H groups in total. The predicted octanol–water partition coefficient (Wildman–Crippen LogP) is 3.87. The first kappa shape index (κ1) is 17.2. The molecule has 0 unspecified atom stereocenters. The zero-order valence-corrected chi connectivity index (χ0v) is 15.5. The molecule has 0 atom stereocenters. The van der Waals surface area contributed by atoms with Crippen LogP contribution in [-0.2, 0) is 7.05 Å². The second-order valence-electron chi connectivity index (χ2n) is 6.28. The summed E-state index contributed by atoms with van der Waals surface area (Å²) in [5.41, 5.74) is 2.37. The Hall–Kier alpha value is -3.25. The SMILES string of the molecule is Cc1c(NC(=O)c2cc3cccc(Cl)c3[nH]2)c(=O)n(-c2ccccc2)n1C. The van der Waals surface area contributed by atoms with E-state index in [2.05, 4.69) is 10.3 Å². The molecule has 2 aromatic heterocycles. The van der Waals surface area contributed by atoms with Crippen molar-refractivity contribution in [3.8, 4) is 5.69 Å². The van der Waals surface area contributed by atoms with E-state index in [0.717, 1.165) is 11.1 Å². The first-order chi connectivity index (χ1) is 13.0. The number of aromatic nitrogens is 3. The summed E-state index contributed by atoms with van der Waals surface area (Å²) in [5.74, 6) is -0.395. The molecule has 0 spiro atoms. The number of benzene rings is 2. The third-order valence-corrected chi connectivity index (χ3v) is 4.96. The lowest BCUT2D eigenvalue weighted by atomic mass is 10.2. The van der Waals surface area contributed by atoms with Crippen LogP contribution in [0.25, 0.3) is 16.6 Å². The number of carbonyl (C=O) groups is 1. The highest BCUT2D eigenvalue weighted by atomic mass is 35.5. The Labute approximate surface area is 160 Å². The number of aromatic amines is 1. The van der Waals surface area contributed by atoms with Gasteiger partial charge in [0.05, 0.1) is 21.9 Å². The molecule has 4 rings (SSSR count). The van der Waals surface area contributed by atoms with Crippen molar-refractivity contribution in [3.05, 3.63) is 81.4 Å². The molecule has 27 heavy (non-hydrogen) atoms. The number of para-hydroxylation sites is 2. The summed E-state index contributed by atoms with van der Waals surface area (Å²) in [6.07, 6.45) is 0. The van der Waals surface area contributed by atoms with Crippen LogP contribution < -0.4 is 10.9 Å². The smallest absolute Gasteiger partial charge is 0.295 e. The predicted molar refractivity (Wildman–Crippen MR) is 107 cm³/mol. The number of nitrogens with zero attached hydrogens (tertiary/aromatic N) is 2. The number of carbonyl (C=O) groups excluding carboxylic acids is 1. The van der Waals surface area contributed by atoms with Gasteiger partial charge in [0.2, 0.25) is 0 Å². The van der Waals surface area contributed by atoms with Gasteiger partial charge in [0, 0.05) is 12.4 Å². The van der Waals surface area contributed by atoms with E-state index in [-0.39, 0.29) is 11.2 Å². The molecule has 0 aliphatic heterocycles. The van der Waals surface area contributed by atoms with Gasteiger partial charge in [-0.2, -0.15) is 0 Å². The van der Waals surface area contributed by atoms with Gasteiger partial charge >= 0.3 is 0 Å². The van der Waals surface area contributed by atoms with Crippen LogP contribution in [-0.4, -0.2) is 20.3 Å². The summed E-state index contributed by atoms with van der Waals surface area (Å²) < 4.78 is 3.24. The van der Waals surface area contributed by atoms with Gasteiger partial charge in [0.25, 0.3) is 11.5 Å². The molecule has 0 aliphatic carbocycles. The van der Waals surface area contributed by atoms with E-state index in [9.17, 15) is 9.59 Å². The van der Waals surface area contributed by atoms with Crippen LogP contribution in [0.2, 0.25) is 5.02 Å². The quantitative estimate of drug-likeness (QED) is 0.566. The summed E-state index contributed by atoms with van der Waals surface area (Å²) in [6.45, 7) is 1.79. The van der Waals surface area contributed by atoms with Crippen molar-refractivity contribution < 1.29 is 4.79 Å². The fourth-order valence-electron chi connectivity index (χ4n) is 3.13. The van der Waals surface area contributed by atoms with E-state index in [1.165, 1.54) is 4.68 Å². The first-order valence-corrected chi connectivity index (χ1v) is 8.78. The summed E-state index contributed by atoms with van der Waals surface area (Å²) >= 11 is 6.16. The van der Waals surface area contributed by atoms with Crippen LogP contribution in [0.1, 0.15) is 16.2 Å². The monoisotopic (exact) mass is 380 g/mol. The number of hydrogen-bond donors (Lipinski definition) is 2. The number of halogens is 1. The largest absolute Gasteiger partial charge is 0.349 e. The van der Waals surface area contributed by atoms with Crippen molar-refractivity contribution in [2.24, 2.45) is 7.05 Å². The summed E-state index contributed by atoms with van der Waals surface area (Å²) in [7, 11) is 1.78. The Bertz CT molecular complexity index is 1220. The zero-order chi connectivity index (χ0) is 19.1. The Morgan fingerprint density at radius 3 is 2.56 bits per heavy atom. The minimum atomic E-state index is -0.395. The molecule has 4 aromatic rings. The Morgan fingerprint density at radius 2 is 1.85 bits per heavy atom. The van der Waals surface area contributed by atoms with Gasteiger partial charge in [0.15, 0.2) is 0 Å². The van der Waals surface area contributed by atoms with Crippen molar-refractivity contribution in [1.29, 1.82) is 0 Å². The van der Waals surface area contributed by atoms with E-state index in [4.69, 9.17) is 11.6 Å². The third-order valence-electron chi connectivity index (χ3n) is 4.64. The second-order valence-corrected chi connectivity index (χ2v) is 6.68. The van der Waals surface area contributed by atoms with Gasteiger partial charge in [-0.25, -0.2) is 4.68 Å².